The smallest absolute Gasteiger partial charge is 0.303 e. The van der Waals surface area contributed by atoms with Gasteiger partial charge in [0.25, 0.3) is 5.69 Å². The first kappa shape index (κ1) is 19.2. The first-order valence-corrected chi connectivity index (χ1v) is 8.82. The highest BCUT2D eigenvalue weighted by molar-refractivity contribution is 5.69. The summed E-state index contributed by atoms with van der Waals surface area (Å²) in [5, 5.41) is 20.7. The summed E-state index contributed by atoms with van der Waals surface area (Å²) in [6.45, 7) is 5.91. The molecule has 0 saturated carbocycles. The van der Waals surface area contributed by atoms with E-state index in [9.17, 15) is 14.9 Å². The molecule has 25 heavy (non-hydrogen) atoms. The molecule has 0 aliphatic carbocycles. The lowest BCUT2D eigenvalue weighted by atomic mass is 9.92. The molecule has 1 N–H and O–H groups in total. The zero-order valence-electron chi connectivity index (χ0n) is 14.8. The fourth-order valence-electron chi connectivity index (χ4n) is 3.51. The van der Waals surface area contributed by atoms with Crippen LogP contribution < -0.4 is 4.90 Å². The number of anilines is 1. The lowest BCUT2D eigenvalue weighted by Crippen LogP contribution is -2.39. The van der Waals surface area contributed by atoms with Gasteiger partial charge in [0, 0.05) is 31.9 Å². The monoisotopic (exact) mass is 350 g/mol. The molecular weight excluding hydrogens is 324 g/mol. The number of rotatable bonds is 8. The third-order valence-corrected chi connectivity index (χ3v) is 4.86. The largest absolute Gasteiger partial charge is 0.481 e. The molecule has 0 amide bonds. The number of carboxylic acids is 1. The van der Waals surface area contributed by atoms with Crippen LogP contribution in [0, 0.1) is 10.1 Å². The summed E-state index contributed by atoms with van der Waals surface area (Å²) in [7, 11) is 0. The molecule has 1 atom stereocenters. The molecule has 0 aromatic heterocycles. The number of benzene rings is 1. The molecule has 1 saturated heterocycles. The predicted octanol–water partition coefficient (Wildman–Crippen LogP) is 3.57. The van der Waals surface area contributed by atoms with E-state index >= 15 is 0 Å². The molecule has 7 nitrogen and oxygen atoms in total. The third-order valence-electron chi connectivity index (χ3n) is 4.86. The average molecular weight is 350 g/mol. The maximum absolute atomic E-state index is 11.6. The zero-order valence-corrected chi connectivity index (χ0v) is 14.8. The predicted molar refractivity (Wildman–Crippen MR) is 95.2 cm³/mol. The van der Waals surface area contributed by atoms with Gasteiger partial charge in [0.15, 0.2) is 0 Å². The first-order valence-electron chi connectivity index (χ1n) is 8.82. The topological polar surface area (TPSA) is 92.9 Å². The number of hydrogen-bond acceptors (Lipinski definition) is 5. The number of ether oxygens (including phenoxy) is 1. The van der Waals surface area contributed by atoms with Gasteiger partial charge in [-0.2, -0.15) is 0 Å². The van der Waals surface area contributed by atoms with Crippen LogP contribution in [0.5, 0.6) is 0 Å². The number of nitro groups is 1. The van der Waals surface area contributed by atoms with Crippen LogP contribution in [0.4, 0.5) is 11.4 Å². The van der Waals surface area contributed by atoms with Crippen molar-refractivity contribution in [2.75, 3.05) is 24.7 Å². The van der Waals surface area contributed by atoms with Crippen molar-refractivity contribution in [1.82, 2.24) is 0 Å². The van der Waals surface area contributed by atoms with Crippen molar-refractivity contribution in [3.8, 4) is 0 Å². The van der Waals surface area contributed by atoms with Crippen LogP contribution in [0.3, 0.4) is 0 Å². The first-order chi connectivity index (χ1) is 12.0. The highest BCUT2D eigenvalue weighted by Crippen LogP contribution is 2.35. The van der Waals surface area contributed by atoms with Crippen LogP contribution in [-0.4, -0.2) is 41.8 Å². The second-order valence-electron chi connectivity index (χ2n) is 6.34. The molecule has 1 aromatic carbocycles. The minimum atomic E-state index is -0.893. The number of aliphatic carboxylic acids is 1. The number of nitro benzene ring substituents is 1. The van der Waals surface area contributed by atoms with Gasteiger partial charge in [-0.25, -0.2) is 0 Å². The molecule has 1 aliphatic rings. The van der Waals surface area contributed by atoms with Crippen molar-refractivity contribution in [3.63, 3.8) is 0 Å². The third kappa shape index (κ3) is 4.69. The van der Waals surface area contributed by atoms with Gasteiger partial charge in [0.05, 0.1) is 11.3 Å². The van der Waals surface area contributed by atoms with E-state index in [0.29, 0.717) is 37.4 Å². The molecule has 1 heterocycles. The van der Waals surface area contributed by atoms with Crippen molar-refractivity contribution >= 4 is 17.3 Å². The minimum Gasteiger partial charge on any atom is -0.481 e. The zero-order chi connectivity index (χ0) is 18.4. The molecule has 1 fully saturated rings. The maximum atomic E-state index is 11.6. The van der Waals surface area contributed by atoms with E-state index in [1.807, 2.05) is 19.9 Å². The standard InChI is InChI=1S/C18H26N2O5/c1-3-13(12-18(21)22)14-5-6-16(17(11-14)20(23)24)19(4-2)15-7-9-25-10-8-15/h5-6,11,13,15H,3-4,7-10,12H2,1-2H3,(H,21,22)/t13-/m1/s1. The molecule has 138 valence electrons. The van der Waals surface area contributed by atoms with Crippen LogP contribution in [0.25, 0.3) is 0 Å². The Morgan fingerprint density at radius 2 is 2.08 bits per heavy atom. The summed E-state index contributed by atoms with van der Waals surface area (Å²) in [5.74, 6) is -1.11. The van der Waals surface area contributed by atoms with E-state index in [1.54, 1.807) is 12.1 Å². The van der Waals surface area contributed by atoms with Crippen LogP contribution in [-0.2, 0) is 9.53 Å². The van der Waals surface area contributed by atoms with Gasteiger partial charge >= 0.3 is 5.97 Å². The lowest BCUT2D eigenvalue weighted by Gasteiger charge is -2.35. The Hall–Kier alpha value is -2.15. The fraction of sp³-hybridized carbons (Fsp3) is 0.611. The van der Waals surface area contributed by atoms with Gasteiger partial charge < -0.3 is 14.7 Å². The molecule has 0 radical (unpaired) electrons. The highest BCUT2D eigenvalue weighted by atomic mass is 16.6. The minimum absolute atomic E-state index is 0.0234. The molecule has 2 rings (SSSR count). The van der Waals surface area contributed by atoms with Crippen molar-refractivity contribution < 1.29 is 19.6 Å². The Bertz CT molecular complexity index is 613. The summed E-state index contributed by atoms with van der Waals surface area (Å²) in [6, 6.07) is 5.39. The van der Waals surface area contributed by atoms with Crippen molar-refractivity contribution in [2.24, 2.45) is 0 Å². The molecule has 1 aliphatic heterocycles. The average Bonchev–Trinajstić information content (AvgIpc) is 2.61. The molecule has 0 spiro atoms. The lowest BCUT2D eigenvalue weighted by molar-refractivity contribution is -0.384. The SMILES string of the molecule is CC[C@H](CC(=O)O)c1ccc(N(CC)C2CCOCC2)c([N+](=O)[O-])c1. The van der Waals surface area contributed by atoms with Gasteiger partial charge in [0.2, 0.25) is 0 Å². The Morgan fingerprint density at radius 1 is 1.40 bits per heavy atom. The van der Waals surface area contributed by atoms with E-state index in [0.717, 1.165) is 12.8 Å². The van der Waals surface area contributed by atoms with Gasteiger partial charge in [-0.15, -0.1) is 0 Å². The van der Waals surface area contributed by atoms with Crippen molar-refractivity contribution in [1.29, 1.82) is 0 Å². The summed E-state index contributed by atoms with van der Waals surface area (Å²) < 4.78 is 5.39. The number of nitrogens with zero attached hydrogens (tertiary/aromatic N) is 2. The molecular formula is C18H26N2O5. The number of hydrogen-bond donors (Lipinski definition) is 1. The Morgan fingerprint density at radius 3 is 2.60 bits per heavy atom. The summed E-state index contributed by atoms with van der Waals surface area (Å²) in [5.41, 5.74) is 1.37. The van der Waals surface area contributed by atoms with E-state index in [-0.39, 0.29) is 29.0 Å². The molecule has 0 bridgehead atoms. The maximum Gasteiger partial charge on any atom is 0.303 e. The Labute approximate surface area is 147 Å². The molecule has 1 aromatic rings. The van der Waals surface area contributed by atoms with E-state index in [4.69, 9.17) is 9.84 Å². The van der Waals surface area contributed by atoms with Crippen LogP contribution >= 0.6 is 0 Å². The van der Waals surface area contributed by atoms with E-state index < -0.39 is 5.97 Å². The molecule has 7 heteroatoms. The van der Waals surface area contributed by atoms with Crippen LogP contribution in [0.15, 0.2) is 18.2 Å². The highest BCUT2D eigenvalue weighted by Gasteiger charge is 2.27. The summed E-state index contributed by atoms with van der Waals surface area (Å²) >= 11 is 0. The fourth-order valence-corrected chi connectivity index (χ4v) is 3.51. The Balaban J connectivity index is 2.37. The van der Waals surface area contributed by atoms with Gasteiger partial charge in [-0.1, -0.05) is 13.0 Å². The van der Waals surface area contributed by atoms with E-state index in [1.165, 1.54) is 0 Å². The van der Waals surface area contributed by atoms with Crippen LogP contribution in [0.1, 0.15) is 51.0 Å². The Kier molecular flexibility index (Phi) is 6.75. The number of carbonyl (C=O) groups is 1. The van der Waals surface area contributed by atoms with Crippen LogP contribution in [0.2, 0.25) is 0 Å². The number of carboxylic acid groups (broad SMARTS) is 1. The van der Waals surface area contributed by atoms with Gasteiger partial charge in [0.1, 0.15) is 5.69 Å². The van der Waals surface area contributed by atoms with E-state index in [2.05, 4.69) is 4.90 Å². The van der Waals surface area contributed by atoms with Gasteiger partial charge in [-0.05, 0) is 43.7 Å². The normalized spacial score (nSPS) is 16.4. The second-order valence-corrected chi connectivity index (χ2v) is 6.34. The summed E-state index contributed by atoms with van der Waals surface area (Å²) in [6.07, 6.45) is 2.30. The van der Waals surface area contributed by atoms with Crippen molar-refractivity contribution in [3.05, 3.63) is 33.9 Å². The summed E-state index contributed by atoms with van der Waals surface area (Å²) in [4.78, 5) is 24.4. The second kappa shape index (κ2) is 8.80. The van der Waals surface area contributed by atoms with Crippen molar-refractivity contribution in [2.45, 2.75) is 51.5 Å². The molecule has 0 unspecified atom stereocenters. The van der Waals surface area contributed by atoms with Gasteiger partial charge in [-0.3, -0.25) is 14.9 Å². The quantitative estimate of drug-likeness (QED) is 0.569.